The Hall–Kier alpha value is -2.46. The SMILES string of the molecule is Cc1cc(NCc2ncc(Br)cc2C(F)(F)F)cc(C2(Cc3nncn3C)COC2)c1. The fourth-order valence-electron chi connectivity index (χ4n) is 3.72. The lowest BCUT2D eigenvalue weighted by Crippen LogP contribution is -2.49. The van der Waals surface area contributed by atoms with Gasteiger partial charge in [0, 0.05) is 35.2 Å². The first kappa shape index (κ1) is 21.8. The zero-order valence-electron chi connectivity index (χ0n) is 17.0. The van der Waals surface area contributed by atoms with Crippen LogP contribution < -0.4 is 5.32 Å². The van der Waals surface area contributed by atoms with E-state index in [0.29, 0.717) is 19.6 Å². The monoisotopic (exact) mass is 495 g/mol. The molecule has 0 aliphatic carbocycles. The number of nitrogens with zero attached hydrogens (tertiary/aromatic N) is 4. The van der Waals surface area contributed by atoms with Gasteiger partial charge in [0.05, 0.1) is 31.0 Å². The summed E-state index contributed by atoms with van der Waals surface area (Å²) in [6.07, 6.45) is -0.779. The summed E-state index contributed by atoms with van der Waals surface area (Å²) in [6.45, 7) is 3.02. The molecule has 10 heteroatoms. The lowest BCUT2D eigenvalue weighted by molar-refractivity contribution is -0.138. The zero-order chi connectivity index (χ0) is 22.2. The molecule has 0 radical (unpaired) electrons. The molecule has 164 valence electrons. The Morgan fingerprint density at radius 2 is 2.00 bits per heavy atom. The molecule has 1 aliphatic heterocycles. The predicted molar refractivity (Wildman–Crippen MR) is 113 cm³/mol. The van der Waals surface area contributed by atoms with Crippen LogP contribution in [-0.2, 0) is 36.3 Å². The number of hydrogen-bond acceptors (Lipinski definition) is 5. The van der Waals surface area contributed by atoms with Gasteiger partial charge in [0.25, 0.3) is 0 Å². The van der Waals surface area contributed by atoms with Crippen molar-refractivity contribution in [3.05, 3.63) is 69.5 Å². The Labute approximate surface area is 186 Å². The highest BCUT2D eigenvalue weighted by Crippen LogP contribution is 2.38. The van der Waals surface area contributed by atoms with Crippen LogP contribution in [0.25, 0.3) is 0 Å². The first-order valence-electron chi connectivity index (χ1n) is 9.65. The first-order chi connectivity index (χ1) is 14.7. The van der Waals surface area contributed by atoms with Crippen molar-refractivity contribution >= 4 is 21.6 Å². The Morgan fingerprint density at radius 3 is 2.61 bits per heavy atom. The maximum absolute atomic E-state index is 13.4. The number of halogens is 4. The van der Waals surface area contributed by atoms with Crippen LogP contribution in [0.2, 0.25) is 0 Å². The second kappa shape index (κ2) is 8.23. The Morgan fingerprint density at radius 1 is 1.23 bits per heavy atom. The van der Waals surface area contributed by atoms with Gasteiger partial charge in [-0.1, -0.05) is 6.07 Å². The number of aromatic nitrogens is 4. The Bertz CT molecular complexity index is 1090. The van der Waals surface area contributed by atoms with Crippen LogP contribution in [0.5, 0.6) is 0 Å². The van der Waals surface area contributed by atoms with E-state index in [4.69, 9.17) is 4.74 Å². The molecule has 6 nitrogen and oxygen atoms in total. The van der Waals surface area contributed by atoms with Gasteiger partial charge in [0.15, 0.2) is 0 Å². The van der Waals surface area contributed by atoms with Gasteiger partial charge in [-0.2, -0.15) is 13.2 Å². The Balaban J connectivity index is 1.59. The summed E-state index contributed by atoms with van der Waals surface area (Å²) >= 11 is 3.06. The highest BCUT2D eigenvalue weighted by atomic mass is 79.9. The lowest BCUT2D eigenvalue weighted by Gasteiger charge is -2.42. The molecule has 1 aromatic carbocycles. The van der Waals surface area contributed by atoms with Crippen LogP contribution in [0.15, 0.2) is 41.3 Å². The van der Waals surface area contributed by atoms with Crippen molar-refractivity contribution in [1.82, 2.24) is 19.7 Å². The van der Waals surface area contributed by atoms with Crippen molar-refractivity contribution in [2.45, 2.75) is 31.5 Å². The number of rotatable bonds is 6. The van der Waals surface area contributed by atoms with E-state index >= 15 is 0 Å². The number of pyridine rings is 1. The van der Waals surface area contributed by atoms with E-state index in [1.165, 1.54) is 6.20 Å². The minimum Gasteiger partial charge on any atom is -0.379 e. The molecule has 4 rings (SSSR count). The summed E-state index contributed by atoms with van der Waals surface area (Å²) in [4.78, 5) is 3.97. The number of ether oxygens (including phenoxy) is 1. The molecule has 1 fully saturated rings. The molecule has 0 saturated carbocycles. The van der Waals surface area contributed by atoms with Gasteiger partial charge in [0.1, 0.15) is 12.2 Å². The van der Waals surface area contributed by atoms with Crippen molar-refractivity contribution in [2.75, 3.05) is 18.5 Å². The number of nitrogens with one attached hydrogen (secondary N) is 1. The molecule has 3 aromatic rings. The lowest BCUT2D eigenvalue weighted by atomic mass is 9.75. The van der Waals surface area contributed by atoms with Crippen molar-refractivity contribution in [1.29, 1.82) is 0 Å². The third kappa shape index (κ3) is 4.59. The van der Waals surface area contributed by atoms with Gasteiger partial charge < -0.3 is 14.6 Å². The highest BCUT2D eigenvalue weighted by Gasteiger charge is 2.42. The predicted octanol–water partition coefficient (Wildman–Crippen LogP) is 4.42. The smallest absolute Gasteiger partial charge is 0.379 e. The summed E-state index contributed by atoms with van der Waals surface area (Å²) in [5.74, 6) is 0.855. The maximum atomic E-state index is 13.4. The molecule has 1 N–H and O–H groups in total. The maximum Gasteiger partial charge on any atom is 0.418 e. The standard InChI is InChI=1S/C21H21BrF3N5O/c1-13-3-14(20(10-31-11-20)7-19-29-28-12-30(19)2)5-16(4-13)26-9-18-17(21(23,24)25)6-15(22)8-27-18/h3-6,8,12,26H,7,9-11H2,1-2H3. The molecular weight excluding hydrogens is 475 g/mol. The van der Waals surface area contributed by atoms with E-state index < -0.39 is 11.7 Å². The van der Waals surface area contributed by atoms with Crippen LogP contribution in [0.3, 0.4) is 0 Å². The number of benzene rings is 1. The number of hydrogen-bond donors (Lipinski definition) is 1. The van der Waals surface area contributed by atoms with Crippen LogP contribution in [0, 0.1) is 6.92 Å². The van der Waals surface area contributed by atoms with E-state index in [0.717, 1.165) is 28.7 Å². The molecule has 0 amide bonds. The van der Waals surface area contributed by atoms with Crippen molar-refractivity contribution < 1.29 is 17.9 Å². The van der Waals surface area contributed by atoms with E-state index in [1.54, 1.807) is 6.33 Å². The summed E-state index contributed by atoms with van der Waals surface area (Å²) in [6, 6.07) is 7.01. The first-order valence-corrected chi connectivity index (χ1v) is 10.4. The van der Waals surface area contributed by atoms with Crippen LogP contribution >= 0.6 is 15.9 Å². The van der Waals surface area contributed by atoms with E-state index in [2.05, 4.69) is 42.5 Å². The third-order valence-electron chi connectivity index (χ3n) is 5.45. The molecule has 3 heterocycles. The second-order valence-electron chi connectivity index (χ2n) is 7.89. The fraction of sp³-hybridized carbons (Fsp3) is 0.381. The number of aryl methyl sites for hydroxylation is 2. The summed E-state index contributed by atoms with van der Waals surface area (Å²) in [7, 11) is 1.90. The van der Waals surface area contributed by atoms with Gasteiger partial charge in [-0.05, 0) is 52.2 Å². The van der Waals surface area contributed by atoms with E-state index in [-0.39, 0.29) is 22.1 Å². The zero-order valence-corrected chi connectivity index (χ0v) is 18.6. The van der Waals surface area contributed by atoms with Gasteiger partial charge in [-0.15, -0.1) is 10.2 Å². The average Bonchev–Trinajstić information content (AvgIpc) is 3.07. The summed E-state index contributed by atoms with van der Waals surface area (Å²) < 4.78 is 47.9. The van der Waals surface area contributed by atoms with Crippen molar-refractivity contribution in [3.63, 3.8) is 0 Å². The van der Waals surface area contributed by atoms with Gasteiger partial charge >= 0.3 is 6.18 Å². The van der Waals surface area contributed by atoms with Gasteiger partial charge in [-0.3, -0.25) is 4.98 Å². The molecule has 1 saturated heterocycles. The molecule has 0 bridgehead atoms. The number of alkyl halides is 3. The molecule has 2 aromatic heterocycles. The minimum atomic E-state index is -4.48. The Kier molecular flexibility index (Phi) is 5.78. The number of anilines is 1. The van der Waals surface area contributed by atoms with Crippen molar-refractivity contribution in [3.8, 4) is 0 Å². The molecule has 0 spiro atoms. The normalized spacial score (nSPS) is 15.5. The average molecular weight is 496 g/mol. The van der Waals surface area contributed by atoms with Crippen molar-refractivity contribution in [2.24, 2.45) is 7.05 Å². The fourth-order valence-corrected chi connectivity index (χ4v) is 4.05. The molecular formula is C21H21BrF3N5O. The molecule has 1 aliphatic rings. The topological polar surface area (TPSA) is 64.9 Å². The minimum absolute atomic E-state index is 0.0438. The molecule has 0 atom stereocenters. The van der Waals surface area contributed by atoms with Gasteiger partial charge in [-0.25, -0.2) is 0 Å². The van der Waals surface area contributed by atoms with E-state index in [1.807, 2.05) is 30.7 Å². The summed E-state index contributed by atoms with van der Waals surface area (Å²) in [5.41, 5.74) is 1.74. The quantitative estimate of drug-likeness (QED) is 0.548. The van der Waals surface area contributed by atoms with Crippen LogP contribution in [0.1, 0.15) is 28.2 Å². The molecule has 0 unspecified atom stereocenters. The van der Waals surface area contributed by atoms with Crippen LogP contribution in [0.4, 0.5) is 18.9 Å². The third-order valence-corrected chi connectivity index (χ3v) is 5.88. The second-order valence-corrected chi connectivity index (χ2v) is 8.81. The van der Waals surface area contributed by atoms with Crippen LogP contribution in [-0.4, -0.2) is 33.0 Å². The largest absolute Gasteiger partial charge is 0.418 e. The summed E-state index contributed by atoms with van der Waals surface area (Å²) in [5, 5.41) is 11.3. The highest BCUT2D eigenvalue weighted by molar-refractivity contribution is 9.10. The van der Waals surface area contributed by atoms with E-state index in [9.17, 15) is 13.2 Å². The van der Waals surface area contributed by atoms with Gasteiger partial charge in [0.2, 0.25) is 0 Å². The molecule has 31 heavy (non-hydrogen) atoms.